The number of aromatic hydroxyl groups is 1. The molecule has 0 saturated carbocycles. The van der Waals surface area contributed by atoms with Crippen LogP contribution in [0.25, 0.3) is 27.8 Å². The van der Waals surface area contributed by atoms with Crippen molar-refractivity contribution in [2.75, 3.05) is 0 Å². The Morgan fingerprint density at radius 1 is 0.958 bits per heavy atom. The van der Waals surface area contributed by atoms with Crippen LogP contribution in [0.3, 0.4) is 0 Å². The van der Waals surface area contributed by atoms with Gasteiger partial charge in [0.25, 0.3) is 0 Å². The minimum atomic E-state index is -0.290. The van der Waals surface area contributed by atoms with Crippen molar-refractivity contribution >= 4 is 26.8 Å². The summed E-state index contributed by atoms with van der Waals surface area (Å²) in [4.78, 5) is 4.11. The van der Waals surface area contributed by atoms with Gasteiger partial charge in [-0.2, -0.15) is 0 Å². The molecule has 0 aliphatic carbocycles. The Bertz CT molecular complexity index is 1030. The van der Waals surface area contributed by atoms with Crippen LogP contribution in [0.15, 0.2) is 71.5 Å². The molecule has 0 spiro atoms. The lowest BCUT2D eigenvalue weighted by molar-refractivity contribution is 0.479. The Morgan fingerprint density at radius 3 is 2.38 bits per heavy atom. The number of hydrogen-bond donors (Lipinski definition) is 1. The lowest BCUT2D eigenvalue weighted by Gasteiger charge is -2.11. The maximum absolute atomic E-state index is 13.3. The third kappa shape index (κ3) is 2.29. The van der Waals surface area contributed by atoms with Crippen LogP contribution in [-0.4, -0.2) is 14.7 Å². The van der Waals surface area contributed by atoms with Crippen LogP contribution >= 0.6 is 15.9 Å². The molecule has 0 unspecified atom stereocenters. The number of nitrogens with zero attached hydrogens (tertiary/aromatic N) is 2. The average molecular weight is 383 g/mol. The van der Waals surface area contributed by atoms with E-state index in [4.69, 9.17) is 0 Å². The van der Waals surface area contributed by atoms with Gasteiger partial charge in [0.2, 0.25) is 0 Å². The quantitative estimate of drug-likeness (QED) is 0.510. The first-order valence-electron chi connectivity index (χ1n) is 7.35. The maximum Gasteiger partial charge on any atom is 0.144 e. The zero-order valence-electron chi connectivity index (χ0n) is 12.4. The predicted molar refractivity (Wildman–Crippen MR) is 95.8 cm³/mol. The Morgan fingerprint density at radius 2 is 1.67 bits per heavy atom. The van der Waals surface area contributed by atoms with Gasteiger partial charge >= 0.3 is 0 Å². The number of aromatic nitrogens is 2. The van der Waals surface area contributed by atoms with Crippen LogP contribution in [0, 0.1) is 5.82 Å². The van der Waals surface area contributed by atoms with Gasteiger partial charge in [0, 0.05) is 5.69 Å². The molecule has 0 bridgehead atoms. The van der Waals surface area contributed by atoms with Crippen LogP contribution in [0.2, 0.25) is 0 Å². The monoisotopic (exact) mass is 382 g/mol. The highest BCUT2D eigenvalue weighted by Crippen LogP contribution is 2.42. The highest BCUT2D eigenvalue weighted by Gasteiger charge is 2.20. The first-order valence-corrected chi connectivity index (χ1v) is 8.14. The van der Waals surface area contributed by atoms with E-state index in [9.17, 15) is 9.50 Å². The Labute approximate surface area is 146 Å². The van der Waals surface area contributed by atoms with Gasteiger partial charge in [-0.25, -0.2) is 4.39 Å². The molecule has 2 aromatic carbocycles. The first kappa shape index (κ1) is 14.9. The summed E-state index contributed by atoms with van der Waals surface area (Å²) in [6.07, 6.45) is 3.12. The van der Waals surface area contributed by atoms with E-state index in [-0.39, 0.29) is 11.6 Å². The number of benzene rings is 2. The summed E-state index contributed by atoms with van der Waals surface area (Å²) < 4.78 is 16.1. The standard InChI is InChI=1S/C19H12BrFN2O/c20-18-17-15(10-22-11-16(17)24)23(14-4-2-1-3-5-14)19(18)12-6-8-13(21)9-7-12/h1-11,24H. The molecule has 0 aliphatic rings. The topological polar surface area (TPSA) is 38.1 Å². The number of halogens is 2. The lowest BCUT2D eigenvalue weighted by Crippen LogP contribution is -1.97. The number of hydrogen-bond acceptors (Lipinski definition) is 2. The molecule has 4 rings (SSSR count). The molecule has 0 saturated heterocycles. The second kappa shape index (κ2) is 5.76. The minimum absolute atomic E-state index is 0.0948. The SMILES string of the molecule is Oc1cncc2c1c(Br)c(-c1ccc(F)cc1)n2-c1ccccc1. The van der Waals surface area contributed by atoms with Gasteiger partial charge in [-0.15, -0.1) is 0 Å². The maximum atomic E-state index is 13.3. The van der Waals surface area contributed by atoms with E-state index in [2.05, 4.69) is 20.9 Å². The summed E-state index contributed by atoms with van der Waals surface area (Å²) in [7, 11) is 0. The second-order valence-electron chi connectivity index (χ2n) is 5.39. The van der Waals surface area contributed by atoms with Crippen molar-refractivity contribution < 1.29 is 9.50 Å². The molecule has 1 N–H and O–H groups in total. The van der Waals surface area contributed by atoms with Gasteiger partial charge in [-0.1, -0.05) is 18.2 Å². The molecule has 3 nitrogen and oxygen atoms in total. The molecule has 2 heterocycles. The third-order valence-corrected chi connectivity index (χ3v) is 4.70. The Hall–Kier alpha value is -2.66. The van der Waals surface area contributed by atoms with Crippen molar-refractivity contribution in [3.05, 3.63) is 77.3 Å². The van der Waals surface area contributed by atoms with E-state index in [1.54, 1.807) is 18.3 Å². The first-order chi connectivity index (χ1) is 11.7. The van der Waals surface area contributed by atoms with E-state index in [1.807, 2.05) is 34.9 Å². The molecule has 4 aromatic rings. The lowest BCUT2D eigenvalue weighted by atomic mass is 10.1. The third-order valence-electron chi connectivity index (χ3n) is 3.93. The van der Waals surface area contributed by atoms with E-state index in [0.29, 0.717) is 5.39 Å². The second-order valence-corrected chi connectivity index (χ2v) is 6.19. The molecular weight excluding hydrogens is 371 g/mol. The molecule has 0 atom stereocenters. The average Bonchev–Trinajstić information content (AvgIpc) is 2.90. The number of pyridine rings is 1. The zero-order chi connectivity index (χ0) is 16.7. The van der Waals surface area contributed by atoms with E-state index in [1.165, 1.54) is 18.3 Å². The van der Waals surface area contributed by atoms with Crippen LogP contribution in [0.4, 0.5) is 4.39 Å². The van der Waals surface area contributed by atoms with Gasteiger partial charge in [-0.3, -0.25) is 4.98 Å². The van der Waals surface area contributed by atoms with Crippen molar-refractivity contribution in [2.45, 2.75) is 0 Å². The van der Waals surface area contributed by atoms with Gasteiger partial charge in [0.05, 0.1) is 33.5 Å². The smallest absolute Gasteiger partial charge is 0.144 e. The zero-order valence-corrected chi connectivity index (χ0v) is 14.0. The van der Waals surface area contributed by atoms with Crippen molar-refractivity contribution in [3.8, 4) is 22.7 Å². The molecule has 0 radical (unpaired) electrons. The fourth-order valence-corrected chi connectivity index (χ4v) is 3.69. The van der Waals surface area contributed by atoms with E-state index < -0.39 is 0 Å². The molecular formula is C19H12BrFN2O. The molecule has 0 aliphatic heterocycles. The van der Waals surface area contributed by atoms with Crippen molar-refractivity contribution in [3.63, 3.8) is 0 Å². The Balaban J connectivity index is 2.14. The molecule has 0 fully saturated rings. The van der Waals surface area contributed by atoms with Crippen LogP contribution < -0.4 is 0 Å². The summed E-state index contributed by atoms with van der Waals surface area (Å²) in [5.74, 6) is -0.195. The van der Waals surface area contributed by atoms with Gasteiger partial charge in [0.15, 0.2) is 0 Å². The molecule has 5 heteroatoms. The summed E-state index contributed by atoms with van der Waals surface area (Å²) in [6.45, 7) is 0. The van der Waals surface area contributed by atoms with Gasteiger partial charge < -0.3 is 9.67 Å². The number of fused-ring (bicyclic) bond motifs is 1. The molecule has 24 heavy (non-hydrogen) atoms. The molecule has 2 aromatic heterocycles. The summed E-state index contributed by atoms with van der Waals surface area (Å²) in [5, 5.41) is 10.9. The highest BCUT2D eigenvalue weighted by atomic mass is 79.9. The van der Waals surface area contributed by atoms with Crippen molar-refractivity contribution in [1.82, 2.24) is 9.55 Å². The van der Waals surface area contributed by atoms with Gasteiger partial charge in [0.1, 0.15) is 11.6 Å². The number of para-hydroxylation sites is 1. The van der Waals surface area contributed by atoms with E-state index >= 15 is 0 Å². The molecule has 0 amide bonds. The summed E-state index contributed by atoms with van der Waals surface area (Å²) in [5.41, 5.74) is 3.37. The molecule has 118 valence electrons. The fourth-order valence-electron chi connectivity index (χ4n) is 2.88. The van der Waals surface area contributed by atoms with Gasteiger partial charge in [-0.05, 0) is 57.9 Å². The summed E-state index contributed by atoms with van der Waals surface area (Å²) in [6, 6.07) is 16.1. The summed E-state index contributed by atoms with van der Waals surface area (Å²) >= 11 is 3.60. The number of rotatable bonds is 2. The highest BCUT2D eigenvalue weighted by molar-refractivity contribution is 9.10. The van der Waals surface area contributed by atoms with Crippen LogP contribution in [0.1, 0.15) is 0 Å². The fraction of sp³-hybridized carbons (Fsp3) is 0. The van der Waals surface area contributed by atoms with E-state index in [0.717, 1.165) is 26.9 Å². The minimum Gasteiger partial charge on any atom is -0.506 e. The predicted octanol–water partition coefficient (Wildman–Crippen LogP) is 5.30. The largest absolute Gasteiger partial charge is 0.506 e. The van der Waals surface area contributed by atoms with Crippen LogP contribution in [0.5, 0.6) is 5.75 Å². The Kier molecular flexibility index (Phi) is 3.58. The van der Waals surface area contributed by atoms with Crippen molar-refractivity contribution in [1.29, 1.82) is 0 Å². The normalized spacial score (nSPS) is 11.1. The van der Waals surface area contributed by atoms with Crippen molar-refractivity contribution in [2.24, 2.45) is 0 Å². The van der Waals surface area contributed by atoms with Crippen LogP contribution in [-0.2, 0) is 0 Å².